The Morgan fingerprint density at radius 3 is 2.85 bits per heavy atom. The van der Waals surface area contributed by atoms with Crippen molar-refractivity contribution in [2.24, 2.45) is 0 Å². The van der Waals surface area contributed by atoms with Crippen LogP contribution in [0.1, 0.15) is 44.5 Å². The average Bonchev–Trinajstić information content (AvgIpc) is 2.79. The number of nitrogens with zero attached hydrogens (tertiary/aromatic N) is 2. The fraction of sp³-hybridized carbons (Fsp3) is 0.571. The molecule has 0 unspecified atom stereocenters. The van der Waals surface area contributed by atoms with Gasteiger partial charge in [0.15, 0.2) is 0 Å². The van der Waals surface area contributed by atoms with Crippen molar-refractivity contribution in [3.63, 3.8) is 0 Å². The lowest BCUT2D eigenvalue weighted by Crippen LogP contribution is -2.35. The molecule has 110 valence electrons. The number of rotatable bonds is 1. The predicted octanol–water partition coefficient (Wildman–Crippen LogP) is 3.14. The second-order valence-electron chi connectivity index (χ2n) is 5.78. The largest absolute Gasteiger partial charge is 0.442 e. The Labute approximate surface area is 117 Å². The second kappa shape index (κ2) is 5.36. The van der Waals surface area contributed by atoms with Gasteiger partial charge in [-0.15, -0.1) is 0 Å². The van der Waals surface area contributed by atoms with Gasteiger partial charge in [0, 0.05) is 12.6 Å². The number of hydroxylamine groups is 2. The number of hydrogen-bond donors (Lipinski definition) is 0. The Morgan fingerprint density at radius 1 is 1.55 bits per heavy atom. The number of ether oxygens (including phenoxy) is 1. The predicted molar refractivity (Wildman–Crippen MR) is 70.3 cm³/mol. The molecule has 6 heteroatoms. The molecule has 0 aliphatic carbocycles. The lowest BCUT2D eigenvalue weighted by Gasteiger charge is -2.27. The van der Waals surface area contributed by atoms with Gasteiger partial charge < -0.3 is 4.74 Å². The third-order valence-electron chi connectivity index (χ3n) is 2.91. The molecule has 20 heavy (non-hydrogen) atoms. The van der Waals surface area contributed by atoms with Crippen LogP contribution in [-0.2, 0) is 9.57 Å². The number of carbonyl (C=O) groups is 1. The van der Waals surface area contributed by atoms with Gasteiger partial charge >= 0.3 is 6.09 Å². The molecule has 1 aliphatic rings. The summed E-state index contributed by atoms with van der Waals surface area (Å²) in [6, 6.07) is 1.02. The summed E-state index contributed by atoms with van der Waals surface area (Å²) < 4.78 is 18.9. The zero-order valence-electron chi connectivity index (χ0n) is 12.1. The summed E-state index contributed by atoms with van der Waals surface area (Å²) >= 11 is 0. The molecule has 0 radical (unpaired) electrons. The molecule has 1 amide bonds. The molecule has 2 rings (SSSR count). The lowest BCUT2D eigenvalue weighted by molar-refractivity contribution is -0.125. The van der Waals surface area contributed by atoms with Gasteiger partial charge in [0.2, 0.25) is 0 Å². The molecule has 0 bridgehead atoms. The van der Waals surface area contributed by atoms with E-state index in [1.54, 1.807) is 33.9 Å². The normalized spacial score (nSPS) is 19.2. The number of pyridine rings is 1. The van der Waals surface area contributed by atoms with E-state index in [-0.39, 0.29) is 6.04 Å². The van der Waals surface area contributed by atoms with E-state index in [0.29, 0.717) is 24.3 Å². The van der Waals surface area contributed by atoms with Crippen molar-refractivity contribution in [1.82, 2.24) is 10.0 Å². The van der Waals surface area contributed by atoms with Crippen LogP contribution in [0.3, 0.4) is 0 Å². The standard InChI is InChI=1S/C14H19FN2O3/c1-9-11(15)7-10(8-16-9)12-5-6-19-17(12)13(18)20-14(2,3)4/h7-8,12H,5-6H2,1-4H3/t12-/m0/s1. The first-order chi connectivity index (χ1) is 9.28. The van der Waals surface area contributed by atoms with Crippen LogP contribution in [0.2, 0.25) is 0 Å². The second-order valence-corrected chi connectivity index (χ2v) is 5.78. The first kappa shape index (κ1) is 14.7. The van der Waals surface area contributed by atoms with Gasteiger partial charge in [-0.3, -0.25) is 9.82 Å². The van der Waals surface area contributed by atoms with Crippen LogP contribution in [0.4, 0.5) is 9.18 Å². The van der Waals surface area contributed by atoms with Gasteiger partial charge in [-0.2, -0.15) is 5.06 Å². The highest BCUT2D eigenvalue weighted by Gasteiger charge is 2.35. The van der Waals surface area contributed by atoms with E-state index in [4.69, 9.17) is 9.57 Å². The minimum atomic E-state index is -0.607. The Morgan fingerprint density at radius 2 is 2.25 bits per heavy atom. The molecule has 0 N–H and O–H groups in total. The first-order valence-corrected chi connectivity index (χ1v) is 6.55. The third kappa shape index (κ3) is 3.25. The van der Waals surface area contributed by atoms with Crippen molar-refractivity contribution in [3.05, 3.63) is 29.3 Å². The van der Waals surface area contributed by atoms with Crippen molar-refractivity contribution in [2.75, 3.05) is 6.61 Å². The van der Waals surface area contributed by atoms with Crippen LogP contribution < -0.4 is 0 Å². The van der Waals surface area contributed by atoms with E-state index in [9.17, 15) is 9.18 Å². The maximum Gasteiger partial charge on any atom is 0.435 e. The molecule has 0 saturated carbocycles. The Balaban J connectivity index is 2.18. The maximum atomic E-state index is 13.6. The summed E-state index contributed by atoms with van der Waals surface area (Å²) in [5.74, 6) is -0.390. The van der Waals surface area contributed by atoms with Gasteiger partial charge in [0.1, 0.15) is 11.4 Å². The molecule has 1 aliphatic heterocycles. The molecular formula is C14H19FN2O3. The van der Waals surface area contributed by atoms with Gasteiger partial charge in [0.05, 0.1) is 18.3 Å². The number of aromatic nitrogens is 1. The summed E-state index contributed by atoms with van der Waals surface area (Å²) in [6.07, 6.45) is 1.58. The molecule has 1 saturated heterocycles. The fourth-order valence-corrected chi connectivity index (χ4v) is 1.96. The number of amides is 1. The topological polar surface area (TPSA) is 51.7 Å². The van der Waals surface area contributed by atoms with Crippen LogP contribution in [0, 0.1) is 12.7 Å². The first-order valence-electron chi connectivity index (χ1n) is 6.55. The zero-order valence-corrected chi connectivity index (χ0v) is 12.1. The minimum absolute atomic E-state index is 0.330. The number of carbonyl (C=O) groups excluding carboxylic acids is 1. The SMILES string of the molecule is Cc1ncc([C@@H]2CCON2C(=O)OC(C)(C)C)cc1F. The van der Waals surface area contributed by atoms with E-state index in [0.717, 1.165) is 5.06 Å². The van der Waals surface area contributed by atoms with E-state index in [1.807, 2.05) is 0 Å². The average molecular weight is 282 g/mol. The van der Waals surface area contributed by atoms with Crippen LogP contribution in [0.25, 0.3) is 0 Å². The van der Waals surface area contributed by atoms with Crippen LogP contribution in [0.5, 0.6) is 0 Å². The molecule has 1 aromatic heterocycles. The van der Waals surface area contributed by atoms with E-state index in [2.05, 4.69) is 4.98 Å². The zero-order chi connectivity index (χ0) is 14.9. The molecule has 5 nitrogen and oxygen atoms in total. The molecule has 0 spiro atoms. The quantitative estimate of drug-likeness (QED) is 0.794. The summed E-state index contributed by atoms with van der Waals surface area (Å²) in [5.41, 5.74) is 0.331. The van der Waals surface area contributed by atoms with Gasteiger partial charge in [-0.05, 0) is 39.3 Å². The van der Waals surface area contributed by atoms with Crippen molar-refractivity contribution >= 4 is 6.09 Å². The van der Waals surface area contributed by atoms with Gasteiger partial charge in [-0.25, -0.2) is 9.18 Å². The van der Waals surface area contributed by atoms with Gasteiger partial charge in [-0.1, -0.05) is 0 Å². The molecule has 1 fully saturated rings. The Bertz CT molecular complexity index is 514. The fourth-order valence-electron chi connectivity index (χ4n) is 1.96. The molecule has 0 aromatic carbocycles. The Kier molecular flexibility index (Phi) is 3.94. The maximum absolute atomic E-state index is 13.6. The highest BCUT2D eigenvalue weighted by molar-refractivity contribution is 5.67. The highest BCUT2D eigenvalue weighted by Crippen LogP contribution is 2.31. The van der Waals surface area contributed by atoms with Crippen molar-refractivity contribution in [2.45, 2.75) is 45.8 Å². The summed E-state index contributed by atoms with van der Waals surface area (Å²) in [6.45, 7) is 7.32. The molecule has 1 atom stereocenters. The van der Waals surface area contributed by atoms with Crippen LogP contribution in [-0.4, -0.2) is 28.3 Å². The van der Waals surface area contributed by atoms with E-state index in [1.165, 1.54) is 6.07 Å². The molecular weight excluding hydrogens is 263 g/mol. The van der Waals surface area contributed by atoms with Crippen molar-refractivity contribution < 1.29 is 18.8 Å². The smallest absolute Gasteiger partial charge is 0.435 e. The van der Waals surface area contributed by atoms with Crippen molar-refractivity contribution in [3.8, 4) is 0 Å². The van der Waals surface area contributed by atoms with Gasteiger partial charge in [0.25, 0.3) is 0 Å². The van der Waals surface area contributed by atoms with E-state index < -0.39 is 17.5 Å². The van der Waals surface area contributed by atoms with Crippen molar-refractivity contribution in [1.29, 1.82) is 0 Å². The van der Waals surface area contributed by atoms with Crippen LogP contribution >= 0.6 is 0 Å². The minimum Gasteiger partial charge on any atom is -0.442 e. The Hall–Kier alpha value is -1.69. The summed E-state index contributed by atoms with van der Waals surface area (Å²) in [7, 11) is 0. The van der Waals surface area contributed by atoms with E-state index >= 15 is 0 Å². The molecule has 1 aromatic rings. The number of halogens is 1. The highest BCUT2D eigenvalue weighted by atomic mass is 19.1. The summed E-state index contributed by atoms with van der Waals surface area (Å²) in [5, 5.41) is 1.16. The number of aryl methyl sites for hydroxylation is 1. The lowest BCUT2D eigenvalue weighted by atomic mass is 10.1. The monoisotopic (exact) mass is 282 g/mol. The van der Waals surface area contributed by atoms with Crippen LogP contribution in [0.15, 0.2) is 12.3 Å². The molecule has 2 heterocycles. The number of hydrogen-bond acceptors (Lipinski definition) is 4. The third-order valence-corrected chi connectivity index (χ3v) is 2.91. The summed E-state index contributed by atoms with van der Waals surface area (Å²) in [4.78, 5) is 21.3.